The minimum absolute atomic E-state index is 0.0285. The highest BCUT2D eigenvalue weighted by Crippen LogP contribution is 2.41. The first-order valence-corrected chi connectivity index (χ1v) is 8.22. The predicted molar refractivity (Wildman–Crippen MR) is 93.3 cm³/mol. The highest BCUT2D eigenvalue weighted by atomic mass is 19.4. The predicted octanol–water partition coefficient (Wildman–Crippen LogP) is 2.63. The van der Waals surface area contributed by atoms with E-state index >= 15 is 0 Å². The van der Waals surface area contributed by atoms with E-state index in [1.807, 2.05) is 19.0 Å². The summed E-state index contributed by atoms with van der Waals surface area (Å²) < 4.78 is 43.5. The third-order valence-electron chi connectivity index (χ3n) is 3.89. The lowest BCUT2D eigenvalue weighted by molar-refractivity contribution is -0.385. The van der Waals surface area contributed by atoms with Gasteiger partial charge in [-0.3, -0.25) is 14.9 Å². The topological polar surface area (TPSA) is 87.9 Å². The fraction of sp³-hybridized carbons (Fsp3) is 0.562. The number of amides is 1. The molecule has 1 N–H and O–H groups in total. The second kappa shape index (κ2) is 7.99. The van der Waals surface area contributed by atoms with E-state index in [1.54, 1.807) is 17.3 Å². The fourth-order valence-electron chi connectivity index (χ4n) is 2.24. The van der Waals surface area contributed by atoms with Crippen molar-refractivity contribution in [2.24, 2.45) is 0 Å². The molecule has 2 rings (SSSR count). The van der Waals surface area contributed by atoms with Gasteiger partial charge in [-0.25, -0.2) is 0 Å². The maximum Gasteiger partial charge on any atom is 0.471 e. The first kappa shape index (κ1) is 20.7. The van der Waals surface area contributed by atoms with Gasteiger partial charge in [-0.1, -0.05) is 0 Å². The van der Waals surface area contributed by atoms with Crippen LogP contribution in [0.2, 0.25) is 0 Å². The molecule has 1 aliphatic rings. The molecule has 0 heterocycles. The van der Waals surface area contributed by atoms with Gasteiger partial charge < -0.3 is 19.9 Å². The zero-order valence-electron chi connectivity index (χ0n) is 15.2. The zero-order valence-corrected chi connectivity index (χ0v) is 15.2. The molecular formula is C16H21F3N4O4. The summed E-state index contributed by atoms with van der Waals surface area (Å²) in [7, 11) is 5.28. The molecule has 1 saturated carbocycles. The Labute approximate surface area is 154 Å². The molecule has 0 saturated heterocycles. The number of nitrogens with one attached hydrogen (secondary N) is 1. The second-order valence-corrected chi connectivity index (χ2v) is 6.59. The highest BCUT2D eigenvalue weighted by Gasteiger charge is 2.39. The monoisotopic (exact) mass is 390 g/mol. The average Bonchev–Trinajstić information content (AvgIpc) is 3.36. The number of rotatable bonds is 8. The normalized spacial score (nSPS) is 14.2. The van der Waals surface area contributed by atoms with Gasteiger partial charge in [0.1, 0.15) is 0 Å². The van der Waals surface area contributed by atoms with E-state index in [2.05, 4.69) is 0 Å². The molecule has 0 radical (unpaired) electrons. The van der Waals surface area contributed by atoms with Crippen molar-refractivity contribution in [3.63, 3.8) is 0 Å². The number of carbonyl (C=O) groups excluding carboxylic acids is 1. The van der Waals surface area contributed by atoms with Gasteiger partial charge >= 0.3 is 17.8 Å². The van der Waals surface area contributed by atoms with Gasteiger partial charge in [0.05, 0.1) is 22.4 Å². The van der Waals surface area contributed by atoms with Gasteiger partial charge in [-0.15, -0.1) is 0 Å². The summed E-state index contributed by atoms with van der Waals surface area (Å²) in [6.07, 6.45) is -3.73. The summed E-state index contributed by atoms with van der Waals surface area (Å²) in [5, 5.41) is 13.1. The van der Waals surface area contributed by atoms with Crippen LogP contribution < -0.4 is 15.0 Å². The number of hydrogen-bond donors (Lipinski definition) is 1. The number of anilines is 2. The summed E-state index contributed by atoms with van der Waals surface area (Å²) in [6.45, 7) is 1.00. The lowest BCUT2D eigenvalue weighted by Crippen LogP contribution is -2.32. The largest absolute Gasteiger partial charge is 0.483 e. The fourth-order valence-corrected chi connectivity index (χ4v) is 2.24. The Bertz CT molecular complexity index is 720. The average molecular weight is 390 g/mol. The van der Waals surface area contributed by atoms with Crippen LogP contribution in [-0.4, -0.2) is 62.2 Å². The van der Waals surface area contributed by atoms with Crippen molar-refractivity contribution in [3.05, 3.63) is 22.2 Å². The number of nitro groups is 1. The molecule has 1 aromatic carbocycles. The Hall–Kier alpha value is -2.56. The Morgan fingerprint density at radius 3 is 2.41 bits per heavy atom. The number of ether oxygens (including phenoxy) is 1. The number of nitro benzene ring substituents is 1. The van der Waals surface area contributed by atoms with Gasteiger partial charge in [0.25, 0.3) is 0 Å². The molecule has 8 nitrogen and oxygen atoms in total. The van der Waals surface area contributed by atoms with Crippen molar-refractivity contribution in [1.82, 2.24) is 4.90 Å². The summed E-state index contributed by atoms with van der Waals surface area (Å²) in [6, 6.07) is 2.21. The Kier molecular flexibility index (Phi) is 6.14. The molecule has 27 heavy (non-hydrogen) atoms. The van der Waals surface area contributed by atoms with Gasteiger partial charge in [-0.2, -0.15) is 13.2 Å². The number of halogens is 3. The third-order valence-corrected chi connectivity index (χ3v) is 3.89. The van der Waals surface area contributed by atoms with Crippen LogP contribution in [-0.2, 0) is 4.79 Å². The van der Waals surface area contributed by atoms with Gasteiger partial charge in [0, 0.05) is 32.3 Å². The molecule has 11 heteroatoms. The van der Waals surface area contributed by atoms with E-state index < -0.39 is 22.7 Å². The van der Waals surface area contributed by atoms with Crippen LogP contribution in [0.25, 0.3) is 0 Å². The van der Waals surface area contributed by atoms with Crippen LogP contribution in [0.5, 0.6) is 5.75 Å². The van der Waals surface area contributed by atoms with E-state index in [0.717, 1.165) is 18.9 Å². The number of nitrogens with zero attached hydrogens (tertiary/aromatic N) is 3. The molecule has 0 spiro atoms. The van der Waals surface area contributed by atoms with Crippen LogP contribution in [0.1, 0.15) is 12.8 Å². The molecule has 0 unspecified atom stereocenters. The Morgan fingerprint density at radius 1 is 1.30 bits per heavy atom. The Balaban J connectivity index is 2.43. The highest BCUT2D eigenvalue weighted by molar-refractivity contribution is 5.98. The van der Waals surface area contributed by atoms with E-state index in [1.165, 1.54) is 6.07 Å². The molecule has 150 valence electrons. The molecule has 0 atom stereocenters. The van der Waals surface area contributed by atoms with E-state index in [4.69, 9.17) is 4.74 Å². The number of carbonyl (C=O) groups is 1. The van der Waals surface area contributed by atoms with E-state index in [-0.39, 0.29) is 23.2 Å². The van der Waals surface area contributed by atoms with Gasteiger partial charge in [-0.05, 0) is 26.9 Å². The van der Waals surface area contributed by atoms with Crippen LogP contribution >= 0.6 is 0 Å². The van der Waals surface area contributed by atoms with Gasteiger partial charge in [0.2, 0.25) is 0 Å². The Morgan fingerprint density at radius 2 is 1.93 bits per heavy atom. The zero-order chi connectivity index (χ0) is 20.4. The summed E-state index contributed by atoms with van der Waals surface area (Å²) in [5.74, 6) is -2.23. The van der Waals surface area contributed by atoms with Crippen molar-refractivity contribution < 1.29 is 27.6 Å². The lowest BCUT2D eigenvalue weighted by atomic mass is 10.2. The molecule has 1 fully saturated rings. The number of likely N-dealkylation sites (N-methyl/N-ethyl adjacent to an activating group) is 2. The van der Waals surface area contributed by atoms with E-state index in [0.29, 0.717) is 13.1 Å². The van der Waals surface area contributed by atoms with Crippen LogP contribution in [0.3, 0.4) is 0 Å². The smallest absolute Gasteiger partial charge is 0.471 e. The minimum Gasteiger partial charge on any atom is -0.483 e. The summed E-state index contributed by atoms with van der Waals surface area (Å²) >= 11 is 0. The standard InChI is InChI=1S/C16H21F3N4O4/c1-21(2)6-7-22(3)12-9-14(27-10-4-5-10)13(23(25)26)8-11(12)20-15(24)16(17,18)19/h8-10H,4-7H2,1-3H3,(H,20,24). The molecule has 0 aliphatic heterocycles. The number of hydrogen-bond acceptors (Lipinski definition) is 6. The molecule has 1 amide bonds. The van der Waals surface area contributed by atoms with Crippen molar-refractivity contribution in [3.8, 4) is 5.75 Å². The van der Waals surface area contributed by atoms with Crippen LogP contribution in [0, 0.1) is 10.1 Å². The molecule has 0 bridgehead atoms. The number of benzene rings is 1. The summed E-state index contributed by atoms with van der Waals surface area (Å²) in [4.78, 5) is 25.4. The molecular weight excluding hydrogens is 369 g/mol. The lowest BCUT2D eigenvalue weighted by Gasteiger charge is -2.25. The SMILES string of the molecule is CN(C)CCN(C)c1cc(OC2CC2)c([N+](=O)[O-])cc1NC(=O)C(F)(F)F. The van der Waals surface area contributed by atoms with Crippen molar-refractivity contribution in [2.45, 2.75) is 25.1 Å². The van der Waals surface area contributed by atoms with Crippen molar-refractivity contribution in [2.75, 3.05) is 44.4 Å². The first-order valence-electron chi connectivity index (χ1n) is 8.22. The van der Waals surface area contributed by atoms with Crippen molar-refractivity contribution >= 4 is 23.0 Å². The minimum atomic E-state index is -5.11. The van der Waals surface area contributed by atoms with Crippen molar-refractivity contribution in [1.29, 1.82) is 0 Å². The molecule has 1 aliphatic carbocycles. The maximum atomic E-state index is 12.6. The summed E-state index contributed by atoms with van der Waals surface area (Å²) in [5.41, 5.74) is -0.590. The van der Waals surface area contributed by atoms with Crippen LogP contribution in [0.4, 0.5) is 30.2 Å². The molecule has 1 aromatic rings. The number of alkyl halides is 3. The van der Waals surface area contributed by atoms with Crippen LogP contribution in [0.15, 0.2) is 12.1 Å². The molecule has 0 aromatic heterocycles. The maximum absolute atomic E-state index is 12.6. The quantitative estimate of drug-likeness (QED) is 0.542. The first-order chi connectivity index (χ1) is 12.5. The van der Waals surface area contributed by atoms with Gasteiger partial charge in [0.15, 0.2) is 5.75 Å². The van der Waals surface area contributed by atoms with E-state index in [9.17, 15) is 28.1 Å². The third kappa shape index (κ3) is 5.71. The second-order valence-electron chi connectivity index (χ2n) is 6.59.